The van der Waals surface area contributed by atoms with Gasteiger partial charge in [-0.15, -0.1) is 0 Å². The molecule has 0 radical (unpaired) electrons. The van der Waals surface area contributed by atoms with Crippen molar-refractivity contribution in [1.82, 2.24) is 10.6 Å². The molecule has 1 aliphatic rings. The predicted octanol–water partition coefficient (Wildman–Crippen LogP) is 2.36. The number of hydrogen-bond acceptors (Lipinski definition) is 5. The number of hydrogen-bond donors (Lipinski definition) is 2. The van der Waals surface area contributed by atoms with Gasteiger partial charge in [-0.1, -0.05) is 29.5 Å². The van der Waals surface area contributed by atoms with E-state index in [4.69, 9.17) is 9.47 Å². The van der Waals surface area contributed by atoms with Crippen molar-refractivity contribution in [3.63, 3.8) is 0 Å². The Hall–Kier alpha value is 0.0400. The topological polar surface area (TPSA) is 93.7 Å². The van der Waals surface area contributed by atoms with Gasteiger partial charge in [0.25, 0.3) is 5.91 Å². The van der Waals surface area contributed by atoms with Gasteiger partial charge in [0, 0.05) is 21.1 Å². The summed E-state index contributed by atoms with van der Waals surface area (Å²) in [5, 5.41) is 5.29. The van der Waals surface area contributed by atoms with Crippen molar-refractivity contribution < 1.29 is 23.9 Å². The molecule has 2 atom stereocenters. The van der Waals surface area contributed by atoms with Crippen LogP contribution < -0.4 is 10.6 Å². The summed E-state index contributed by atoms with van der Waals surface area (Å²) >= 11 is 6.03. The summed E-state index contributed by atoms with van der Waals surface area (Å²) in [6.45, 7) is 3.62. The molecule has 7 nitrogen and oxygen atoms in total. The van der Waals surface area contributed by atoms with E-state index >= 15 is 0 Å². The van der Waals surface area contributed by atoms with Crippen molar-refractivity contribution in [3.05, 3.63) is 18.8 Å². The number of amides is 2. The zero-order valence-corrected chi connectivity index (χ0v) is 20.4. The van der Waals surface area contributed by atoms with Gasteiger partial charge >= 0.3 is 5.97 Å². The molecule has 10 heteroatoms. The highest BCUT2D eigenvalue weighted by Gasteiger charge is 2.53. The third-order valence-corrected chi connectivity index (χ3v) is 6.93. The van der Waals surface area contributed by atoms with E-state index in [9.17, 15) is 14.4 Å². The molecule has 0 heterocycles. The average molecular weight is 688 g/mol. The lowest BCUT2D eigenvalue weighted by atomic mass is 9.85. The van der Waals surface area contributed by atoms with Gasteiger partial charge in [0.05, 0.1) is 16.1 Å². The molecular weight excluding hydrogens is 669 g/mol. The highest BCUT2D eigenvalue weighted by Crippen LogP contribution is 2.43. The van der Waals surface area contributed by atoms with E-state index in [1.807, 2.05) is 74.7 Å². The Labute approximate surface area is 187 Å². The van der Waals surface area contributed by atoms with Crippen LogP contribution in [0.15, 0.2) is 18.8 Å². The molecule has 2 unspecified atom stereocenters. The van der Waals surface area contributed by atoms with Crippen molar-refractivity contribution >= 4 is 85.6 Å². The smallest absolute Gasteiger partial charge is 0.338 e. The van der Waals surface area contributed by atoms with Crippen molar-refractivity contribution in [1.29, 1.82) is 0 Å². The Kier molecular flexibility index (Phi) is 9.60. The fraction of sp³-hybridized carbons (Fsp3) is 0.533. The normalized spacial score (nSPS) is 23.0. The molecule has 1 rings (SSSR count). The lowest BCUT2D eigenvalue weighted by Gasteiger charge is -2.39. The maximum absolute atomic E-state index is 12.6. The average Bonchev–Trinajstić information content (AvgIpc) is 2.54. The molecule has 25 heavy (non-hydrogen) atoms. The fourth-order valence-electron chi connectivity index (χ4n) is 2.22. The third kappa shape index (κ3) is 5.28. The lowest BCUT2D eigenvalue weighted by Crippen LogP contribution is -2.65. The number of alkyl halides is 1. The highest BCUT2D eigenvalue weighted by molar-refractivity contribution is 14.1. The number of allylic oxidation sites excluding steroid dienone is 2. The van der Waals surface area contributed by atoms with Crippen molar-refractivity contribution in [2.45, 2.75) is 29.7 Å². The van der Waals surface area contributed by atoms with Gasteiger partial charge in [-0.3, -0.25) is 9.59 Å². The van der Waals surface area contributed by atoms with Gasteiger partial charge in [-0.2, -0.15) is 0 Å². The van der Waals surface area contributed by atoms with E-state index in [1.165, 1.54) is 14.0 Å². The number of esters is 1. The molecule has 0 aromatic rings. The van der Waals surface area contributed by atoms with Crippen LogP contribution >= 0.6 is 67.8 Å². The van der Waals surface area contributed by atoms with Crippen LogP contribution in [0.25, 0.3) is 0 Å². The maximum Gasteiger partial charge on any atom is 0.338 e. The van der Waals surface area contributed by atoms with Crippen molar-refractivity contribution in [3.8, 4) is 0 Å². The zero-order valence-electron chi connectivity index (χ0n) is 14.0. The number of nitrogens with one attached hydrogen (secondary N) is 2. The number of rotatable bonds is 7. The molecule has 0 aromatic carbocycles. The second kappa shape index (κ2) is 10.4. The number of likely N-dealkylation sites (N-methyl/N-ethyl adjacent to an activating group) is 1. The quantitative estimate of drug-likeness (QED) is 0.141. The molecule has 0 aliphatic heterocycles. The number of ether oxygens (including phenoxy) is 2. The van der Waals surface area contributed by atoms with E-state index in [1.54, 1.807) is 6.08 Å². The maximum atomic E-state index is 12.6. The van der Waals surface area contributed by atoms with Gasteiger partial charge in [-0.25, -0.2) is 4.79 Å². The van der Waals surface area contributed by atoms with Crippen LogP contribution in [0.5, 0.6) is 0 Å². The summed E-state index contributed by atoms with van der Waals surface area (Å²) in [6, 6.07) is 0. The van der Waals surface area contributed by atoms with E-state index in [-0.39, 0.29) is 12.7 Å². The minimum atomic E-state index is -1.37. The number of halogens is 3. The standard InChI is InChI=1S/C15H19I3N2O5/c1-4-5-24-7-25-13(22)11-9(16)6-10(17)15(12(11)18,14(23)19-3)20-8(2)21/h6,12H,4-5,7H2,1-3H3,(H,19,23)(H,20,21). The molecule has 0 bridgehead atoms. The number of carbonyl (C=O) groups excluding carboxylic acids is 3. The molecule has 2 N–H and O–H groups in total. The first-order valence-electron chi connectivity index (χ1n) is 7.39. The summed E-state index contributed by atoms with van der Waals surface area (Å²) in [5.41, 5.74) is -1.05. The van der Waals surface area contributed by atoms with Gasteiger partial charge in [0.2, 0.25) is 5.91 Å². The Morgan fingerprint density at radius 2 is 1.96 bits per heavy atom. The Bertz CT molecular complexity index is 620. The van der Waals surface area contributed by atoms with Crippen LogP contribution in [0.2, 0.25) is 0 Å². The first-order valence-corrected chi connectivity index (χ1v) is 10.8. The molecule has 140 valence electrons. The zero-order chi connectivity index (χ0) is 19.2. The molecule has 0 aromatic heterocycles. The minimum Gasteiger partial charge on any atom is -0.435 e. The van der Waals surface area contributed by atoms with Gasteiger partial charge in [0.15, 0.2) is 12.3 Å². The Morgan fingerprint density at radius 1 is 1.32 bits per heavy atom. The summed E-state index contributed by atoms with van der Waals surface area (Å²) in [7, 11) is 1.49. The minimum absolute atomic E-state index is 0.155. The van der Waals surface area contributed by atoms with Gasteiger partial charge in [0.1, 0.15) is 0 Å². The largest absolute Gasteiger partial charge is 0.435 e. The molecular formula is C15H19I3N2O5. The van der Waals surface area contributed by atoms with Crippen molar-refractivity contribution in [2.75, 3.05) is 20.4 Å². The molecule has 1 aliphatic carbocycles. The second-order valence-electron chi connectivity index (χ2n) is 5.14. The number of carbonyl (C=O) groups is 3. The molecule has 0 spiro atoms. The summed E-state index contributed by atoms with van der Waals surface area (Å²) in [4.78, 5) is 36.9. The fourth-order valence-corrected chi connectivity index (χ4v) is 7.21. The van der Waals surface area contributed by atoms with Crippen molar-refractivity contribution in [2.24, 2.45) is 0 Å². The molecule has 2 amide bonds. The van der Waals surface area contributed by atoms with Crippen LogP contribution in [0.3, 0.4) is 0 Å². The van der Waals surface area contributed by atoms with Crippen LogP contribution in [-0.4, -0.2) is 47.7 Å². The molecule has 0 saturated heterocycles. The third-order valence-electron chi connectivity index (χ3n) is 3.32. The summed E-state index contributed by atoms with van der Waals surface area (Å²) in [6.07, 6.45) is 2.51. The van der Waals surface area contributed by atoms with Crippen LogP contribution in [0, 0.1) is 0 Å². The Morgan fingerprint density at radius 3 is 2.48 bits per heavy atom. The summed E-state index contributed by atoms with van der Waals surface area (Å²) in [5.74, 6) is -1.35. The monoisotopic (exact) mass is 688 g/mol. The van der Waals surface area contributed by atoms with E-state index in [0.717, 1.165) is 6.42 Å². The SMILES string of the molecule is CCCOCOC(=O)C1=C(I)C=C(I)C(NC(C)=O)(C(=O)NC)C1I. The summed E-state index contributed by atoms with van der Waals surface area (Å²) < 4.78 is 11.0. The van der Waals surface area contributed by atoms with Crippen LogP contribution in [0.4, 0.5) is 0 Å². The van der Waals surface area contributed by atoms with E-state index in [0.29, 0.717) is 19.3 Å². The molecule has 0 saturated carbocycles. The van der Waals surface area contributed by atoms with Crippen LogP contribution in [-0.2, 0) is 23.9 Å². The predicted molar refractivity (Wildman–Crippen MR) is 119 cm³/mol. The first kappa shape index (κ1) is 23.1. The van der Waals surface area contributed by atoms with E-state index < -0.39 is 21.3 Å². The second-order valence-corrected chi connectivity index (χ2v) is 8.71. The van der Waals surface area contributed by atoms with Gasteiger partial charge in [-0.05, 0) is 57.7 Å². The van der Waals surface area contributed by atoms with E-state index in [2.05, 4.69) is 10.6 Å². The van der Waals surface area contributed by atoms with Gasteiger partial charge < -0.3 is 20.1 Å². The van der Waals surface area contributed by atoms with Crippen LogP contribution in [0.1, 0.15) is 20.3 Å². The first-order chi connectivity index (χ1) is 11.7. The highest BCUT2D eigenvalue weighted by atomic mass is 127. The Balaban J connectivity index is 3.22. The lowest BCUT2D eigenvalue weighted by molar-refractivity contribution is -0.151. The molecule has 0 fully saturated rings.